The van der Waals surface area contributed by atoms with Gasteiger partial charge in [0.05, 0.1) is 13.7 Å². The van der Waals surface area contributed by atoms with Gasteiger partial charge in [-0.05, 0) is 18.9 Å². The number of carbonyl (C=O) groups excluding carboxylic acids is 2. The minimum absolute atomic E-state index is 0.00472. The number of nitrogens with zero attached hydrogens (tertiary/aromatic N) is 1. The normalized spacial score (nSPS) is 22.2. The van der Waals surface area contributed by atoms with Crippen LogP contribution in [0.2, 0.25) is 0 Å². The van der Waals surface area contributed by atoms with E-state index in [0.29, 0.717) is 13.0 Å². The smallest absolute Gasteiger partial charge is 0.329 e. The SMILES string of the molecule is COc1ccnc(C(=O)N[C@H]2CCOC[C@@H](Cc3ccccc3)C(C)OC2=O)c1O. The number of methoxy groups -OCH3 is 1. The molecule has 8 nitrogen and oxygen atoms in total. The molecule has 160 valence electrons. The molecule has 8 heteroatoms. The van der Waals surface area contributed by atoms with Gasteiger partial charge in [-0.1, -0.05) is 30.3 Å². The van der Waals surface area contributed by atoms with Gasteiger partial charge in [0.15, 0.2) is 17.2 Å². The summed E-state index contributed by atoms with van der Waals surface area (Å²) in [6.07, 6.45) is 1.92. The van der Waals surface area contributed by atoms with Gasteiger partial charge < -0.3 is 24.6 Å². The maximum absolute atomic E-state index is 12.7. The highest BCUT2D eigenvalue weighted by Gasteiger charge is 2.31. The standard InChI is InChI=1S/C22H26N2O6/c1-14-16(12-15-6-4-3-5-7-15)13-29-11-9-17(22(27)30-14)24-21(26)19-20(25)18(28-2)8-10-23-19/h3-8,10,14,16-17,25H,9,11-13H2,1-2H3,(H,24,26)/t14?,16-,17+/m1/s1. The van der Waals surface area contributed by atoms with E-state index in [9.17, 15) is 14.7 Å². The summed E-state index contributed by atoms with van der Waals surface area (Å²) in [4.78, 5) is 29.2. The van der Waals surface area contributed by atoms with E-state index in [1.165, 1.54) is 19.4 Å². The molecule has 2 N–H and O–H groups in total. The number of hydrogen-bond acceptors (Lipinski definition) is 7. The van der Waals surface area contributed by atoms with Crippen molar-refractivity contribution in [3.8, 4) is 11.5 Å². The summed E-state index contributed by atoms with van der Waals surface area (Å²) in [5.74, 6) is -1.51. The molecule has 30 heavy (non-hydrogen) atoms. The number of pyridine rings is 1. The average Bonchev–Trinajstić information content (AvgIpc) is 2.80. The van der Waals surface area contributed by atoms with Crippen molar-refractivity contribution >= 4 is 11.9 Å². The summed E-state index contributed by atoms with van der Waals surface area (Å²) in [6.45, 7) is 2.56. The van der Waals surface area contributed by atoms with Crippen LogP contribution >= 0.6 is 0 Å². The van der Waals surface area contributed by atoms with Gasteiger partial charge >= 0.3 is 5.97 Å². The third kappa shape index (κ3) is 5.27. The van der Waals surface area contributed by atoms with Crippen LogP contribution in [0.15, 0.2) is 42.6 Å². The van der Waals surface area contributed by atoms with Crippen molar-refractivity contribution in [2.45, 2.75) is 31.9 Å². The minimum atomic E-state index is -0.914. The zero-order chi connectivity index (χ0) is 21.5. The number of nitrogens with one attached hydrogen (secondary N) is 1. The van der Waals surface area contributed by atoms with Crippen LogP contribution in [0.4, 0.5) is 0 Å². The molecule has 3 atom stereocenters. The fourth-order valence-corrected chi connectivity index (χ4v) is 3.32. The summed E-state index contributed by atoms with van der Waals surface area (Å²) in [5, 5.41) is 12.7. The first kappa shape index (κ1) is 21.6. The monoisotopic (exact) mass is 414 g/mol. The highest BCUT2D eigenvalue weighted by molar-refractivity contribution is 5.97. The van der Waals surface area contributed by atoms with Gasteiger partial charge in [-0.2, -0.15) is 0 Å². The number of carbonyl (C=O) groups is 2. The lowest BCUT2D eigenvalue weighted by molar-refractivity contribution is -0.153. The summed E-state index contributed by atoms with van der Waals surface area (Å²) in [5.41, 5.74) is 0.913. The number of aromatic hydroxyl groups is 1. The Labute approximate surface area is 175 Å². The summed E-state index contributed by atoms with van der Waals surface area (Å²) < 4.78 is 16.4. The van der Waals surface area contributed by atoms with E-state index in [1.54, 1.807) is 0 Å². The topological polar surface area (TPSA) is 107 Å². The molecule has 1 aromatic carbocycles. The van der Waals surface area contributed by atoms with Crippen LogP contribution in [0.25, 0.3) is 0 Å². The Hall–Kier alpha value is -3.13. The molecule has 1 amide bonds. The van der Waals surface area contributed by atoms with Crippen molar-refractivity contribution in [1.82, 2.24) is 10.3 Å². The van der Waals surface area contributed by atoms with Crippen LogP contribution in [0, 0.1) is 5.92 Å². The molecule has 0 radical (unpaired) electrons. The largest absolute Gasteiger partial charge is 0.503 e. The molecule has 0 saturated carbocycles. The van der Waals surface area contributed by atoms with E-state index in [4.69, 9.17) is 14.2 Å². The van der Waals surface area contributed by atoms with Gasteiger partial charge in [-0.25, -0.2) is 9.78 Å². The van der Waals surface area contributed by atoms with Gasteiger partial charge in [0.2, 0.25) is 0 Å². The van der Waals surface area contributed by atoms with E-state index in [-0.39, 0.29) is 36.1 Å². The van der Waals surface area contributed by atoms with Gasteiger partial charge in [-0.3, -0.25) is 4.79 Å². The van der Waals surface area contributed by atoms with Gasteiger partial charge in [0.1, 0.15) is 12.1 Å². The minimum Gasteiger partial charge on any atom is -0.503 e. The highest BCUT2D eigenvalue weighted by atomic mass is 16.5. The first-order chi connectivity index (χ1) is 14.5. The Morgan fingerprint density at radius 3 is 2.80 bits per heavy atom. The van der Waals surface area contributed by atoms with Crippen molar-refractivity contribution in [3.05, 3.63) is 53.9 Å². The average molecular weight is 414 g/mol. The quantitative estimate of drug-likeness (QED) is 0.722. The molecule has 2 heterocycles. The summed E-state index contributed by atoms with van der Waals surface area (Å²) >= 11 is 0. The van der Waals surface area contributed by atoms with E-state index in [1.807, 2.05) is 37.3 Å². The lowest BCUT2D eigenvalue weighted by atomic mass is 9.95. The Balaban J connectivity index is 1.68. The lowest BCUT2D eigenvalue weighted by Crippen LogP contribution is -2.43. The van der Waals surface area contributed by atoms with Gasteiger partial charge in [0, 0.05) is 31.2 Å². The van der Waals surface area contributed by atoms with Crippen LogP contribution in [-0.2, 0) is 20.7 Å². The van der Waals surface area contributed by atoms with Crippen molar-refractivity contribution in [1.29, 1.82) is 0 Å². The molecule has 0 spiro atoms. The molecule has 1 aromatic heterocycles. The van der Waals surface area contributed by atoms with Crippen LogP contribution in [-0.4, -0.2) is 54.4 Å². The van der Waals surface area contributed by atoms with E-state index >= 15 is 0 Å². The van der Waals surface area contributed by atoms with E-state index < -0.39 is 24.0 Å². The van der Waals surface area contributed by atoms with Crippen molar-refractivity contribution in [2.75, 3.05) is 20.3 Å². The molecular formula is C22H26N2O6. The number of benzene rings is 1. The van der Waals surface area contributed by atoms with Crippen LogP contribution < -0.4 is 10.1 Å². The Kier molecular flexibility index (Phi) is 7.24. The molecule has 1 unspecified atom stereocenters. The molecule has 1 aliphatic heterocycles. The van der Waals surface area contributed by atoms with Crippen molar-refractivity contribution < 1.29 is 28.9 Å². The summed E-state index contributed by atoms with van der Waals surface area (Å²) in [6, 6.07) is 10.5. The first-order valence-corrected chi connectivity index (χ1v) is 9.84. The first-order valence-electron chi connectivity index (χ1n) is 9.84. The zero-order valence-corrected chi connectivity index (χ0v) is 17.0. The van der Waals surface area contributed by atoms with E-state index in [0.717, 1.165) is 5.56 Å². The number of hydrogen-bond donors (Lipinski definition) is 2. The molecule has 0 aliphatic carbocycles. The second kappa shape index (κ2) is 10.1. The fraction of sp³-hybridized carbons (Fsp3) is 0.409. The number of rotatable bonds is 5. The number of aromatic nitrogens is 1. The maximum Gasteiger partial charge on any atom is 0.329 e. The Morgan fingerprint density at radius 2 is 2.07 bits per heavy atom. The second-order valence-electron chi connectivity index (χ2n) is 7.19. The molecule has 0 bridgehead atoms. The predicted molar refractivity (Wildman–Crippen MR) is 108 cm³/mol. The second-order valence-corrected chi connectivity index (χ2v) is 7.19. The number of ether oxygens (including phenoxy) is 3. The Bertz CT molecular complexity index is 873. The molecule has 3 rings (SSSR count). The van der Waals surface area contributed by atoms with Crippen molar-refractivity contribution in [2.24, 2.45) is 5.92 Å². The van der Waals surface area contributed by atoms with Crippen LogP contribution in [0.1, 0.15) is 29.4 Å². The molecule has 1 aliphatic rings. The molecular weight excluding hydrogens is 388 g/mol. The maximum atomic E-state index is 12.7. The summed E-state index contributed by atoms with van der Waals surface area (Å²) in [7, 11) is 1.37. The number of esters is 1. The third-order valence-corrected chi connectivity index (χ3v) is 5.10. The third-order valence-electron chi connectivity index (χ3n) is 5.10. The predicted octanol–water partition coefficient (Wildman–Crippen LogP) is 2.11. The van der Waals surface area contributed by atoms with Crippen LogP contribution in [0.3, 0.4) is 0 Å². The molecule has 2 aromatic rings. The number of cyclic esters (lactones) is 1. The van der Waals surface area contributed by atoms with Gasteiger partial charge in [-0.15, -0.1) is 0 Å². The lowest BCUT2D eigenvalue weighted by Gasteiger charge is -2.24. The molecule has 1 saturated heterocycles. The fourth-order valence-electron chi connectivity index (χ4n) is 3.32. The zero-order valence-electron chi connectivity index (χ0n) is 17.0. The van der Waals surface area contributed by atoms with Crippen molar-refractivity contribution in [3.63, 3.8) is 0 Å². The van der Waals surface area contributed by atoms with Crippen LogP contribution in [0.5, 0.6) is 11.5 Å². The van der Waals surface area contributed by atoms with Gasteiger partial charge in [0.25, 0.3) is 5.91 Å². The highest BCUT2D eigenvalue weighted by Crippen LogP contribution is 2.27. The van der Waals surface area contributed by atoms with E-state index in [2.05, 4.69) is 10.3 Å². The Morgan fingerprint density at radius 1 is 1.30 bits per heavy atom. The molecule has 1 fully saturated rings. The number of amides is 1.